The van der Waals surface area contributed by atoms with Gasteiger partial charge in [0, 0.05) is 29.9 Å². The minimum absolute atomic E-state index is 0.00104. The Kier molecular flexibility index (Phi) is 21.3. The SMILES string of the molecule is CC(C)C[C@H](NC(=O)[C@H](Cc1c[nH]c2ccccc12)NC(=O)[C@H](CCCCN)NC(=O)[C@@H](N)C(C)C)C(=O)N[C@@H](CCC(=O)O)C(=O)N[C@@H](CO)C(=O)N[C@H](C(=O)O)[C@@H](C)O. The Labute approximate surface area is 353 Å². The summed E-state index contributed by atoms with van der Waals surface area (Å²) < 4.78 is 0. The van der Waals surface area contributed by atoms with E-state index in [0.717, 1.165) is 17.8 Å². The zero-order chi connectivity index (χ0) is 46.0. The minimum Gasteiger partial charge on any atom is -0.481 e. The Bertz CT molecular complexity index is 1820. The lowest BCUT2D eigenvalue weighted by molar-refractivity contribution is -0.145. The van der Waals surface area contributed by atoms with Gasteiger partial charge in [0.05, 0.1) is 18.8 Å². The lowest BCUT2D eigenvalue weighted by atomic mass is 9.99. The molecule has 0 spiro atoms. The summed E-state index contributed by atoms with van der Waals surface area (Å²) in [6.45, 7) is 7.41. The first-order valence-corrected chi connectivity index (χ1v) is 20.3. The van der Waals surface area contributed by atoms with Crippen LogP contribution >= 0.6 is 0 Å². The van der Waals surface area contributed by atoms with Gasteiger partial charge < -0.3 is 68.8 Å². The summed E-state index contributed by atoms with van der Waals surface area (Å²) in [5.74, 6) is -8.71. The van der Waals surface area contributed by atoms with Gasteiger partial charge in [0.25, 0.3) is 0 Å². The van der Waals surface area contributed by atoms with Crippen molar-refractivity contribution in [3.8, 4) is 0 Å². The van der Waals surface area contributed by atoms with E-state index in [4.69, 9.17) is 11.5 Å². The van der Waals surface area contributed by atoms with E-state index in [9.17, 15) is 58.8 Å². The molecule has 1 heterocycles. The number of nitrogens with two attached hydrogens (primary N) is 2. The van der Waals surface area contributed by atoms with Gasteiger partial charge in [0.2, 0.25) is 35.4 Å². The van der Waals surface area contributed by atoms with Gasteiger partial charge in [-0.3, -0.25) is 33.6 Å². The van der Waals surface area contributed by atoms with Crippen molar-refractivity contribution in [2.45, 2.75) is 128 Å². The summed E-state index contributed by atoms with van der Waals surface area (Å²) in [6.07, 6.45) is 0.106. The number of aliphatic hydroxyl groups is 2. The number of aliphatic carboxylic acids is 2. The predicted octanol–water partition coefficient (Wildman–Crippen LogP) is -1.90. The molecule has 21 nitrogen and oxygen atoms in total. The number of hydrogen-bond donors (Lipinski definition) is 13. The second kappa shape index (κ2) is 25.2. The average molecular weight is 862 g/mol. The monoisotopic (exact) mass is 861 g/mol. The molecule has 61 heavy (non-hydrogen) atoms. The van der Waals surface area contributed by atoms with E-state index in [-0.39, 0.29) is 31.1 Å². The van der Waals surface area contributed by atoms with E-state index in [1.165, 1.54) is 0 Å². The number of carboxylic acids is 2. The molecule has 15 N–H and O–H groups in total. The number of aliphatic hydroxyl groups excluding tert-OH is 2. The van der Waals surface area contributed by atoms with Gasteiger partial charge in [-0.15, -0.1) is 0 Å². The molecule has 6 amide bonds. The number of nitrogens with one attached hydrogen (secondary N) is 7. The zero-order valence-electron chi connectivity index (χ0n) is 35.2. The summed E-state index contributed by atoms with van der Waals surface area (Å²) in [5.41, 5.74) is 13.1. The molecule has 0 aliphatic heterocycles. The van der Waals surface area contributed by atoms with Gasteiger partial charge >= 0.3 is 11.9 Å². The quantitative estimate of drug-likeness (QED) is 0.0437. The number of rotatable bonds is 27. The van der Waals surface area contributed by atoms with Gasteiger partial charge in [-0.2, -0.15) is 0 Å². The van der Waals surface area contributed by atoms with Crippen LogP contribution in [0, 0.1) is 11.8 Å². The summed E-state index contributed by atoms with van der Waals surface area (Å²) in [7, 11) is 0. The number of unbranched alkanes of at least 4 members (excludes halogenated alkanes) is 1. The fourth-order valence-corrected chi connectivity index (χ4v) is 6.23. The number of aromatic nitrogens is 1. The smallest absolute Gasteiger partial charge is 0.328 e. The Hall–Kier alpha value is -5.64. The van der Waals surface area contributed by atoms with Gasteiger partial charge in [-0.1, -0.05) is 45.9 Å². The highest BCUT2D eigenvalue weighted by molar-refractivity contribution is 5.97. The summed E-state index contributed by atoms with van der Waals surface area (Å²) in [4.78, 5) is 108. The molecule has 0 aliphatic carbocycles. The van der Waals surface area contributed by atoms with E-state index in [2.05, 4.69) is 31.6 Å². The van der Waals surface area contributed by atoms with Crippen molar-refractivity contribution in [2.75, 3.05) is 13.2 Å². The lowest BCUT2D eigenvalue weighted by Gasteiger charge is -2.28. The number of benzene rings is 1. The van der Waals surface area contributed by atoms with Crippen LogP contribution in [0.5, 0.6) is 0 Å². The van der Waals surface area contributed by atoms with Crippen LogP contribution in [0.3, 0.4) is 0 Å². The molecule has 0 radical (unpaired) electrons. The number of H-pyrrole nitrogens is 1. The zero-order valence-corrected chi connectivity index (χ0v) is 35.2. The summed E-state index contributed by atoms with van der Waals surface area (Å²) in [5, 5.41) is 53.8. The van der Waals surface area contributed by atoms with Crippen molar-refractivity contribution in [3.05, 3.63) is 36.0 Å². The molecule has 1 aromatic heterocycles. The molecule has 2 rings (SSSR count). The van der Waals surface area contributed by atoms with Crippen LogP contribution < -0.4 is 43.4 Å². The average Bonchev–Trinajstić information content (AvgIpc) is 3.60. The summed E-state index contributed by atoms with van der Waals surface area (Å²) in [6, 6.07) is -2.66. The Morgan fingerprint density at radius 2 is 1.21 bits per heavy atom. The number of fused-ring (bicyclic) bond motifs is 1. The molecule has 8 atom stereocenters. The minimum atomic E-state index is -1.80. The molecular formula is C40H63N9O12. The van der Waals surface area contributed by atoms with Crippen molar-refractivity contribution >= 4 is 58.3 Å². The molecule has 340 valence electrons. The molecule has 0 fully saturated rings. The summed E-state index contributed by atoms with van der Waals surface area (Å²) >= 11 is 0. The maximum absolute atomic E-state index is 14.3. The molecule has 0 saturated heterocycles. The highest BCUT2D eigenvalue weighted by Crippen LogP contribution is 2.20. The third-order valence-electron chi connectivity index (χ3n) is 9.81. The van der Waals surface area contributed by atoms with E-state index in [1.54, 1.807) is 40.0 Å². The second-order valence-electron chi connectivity index (χ2n) is 15.7. The largest absolute Gasteiger partial charge is 0.481 e. The number of para-hydroxylation sites is 1. The van der Waals surface area contributed by atoms with E-state index in [1.807, 2.05) is 23.5 Å². The lowest BCUT2D eigenvalue weighted by Crippen LogP contribution is -2.61. The third-order valence-corrected chi connectivity index (χ3v) is 9.81. The molecule has 1 aromatic carbocycles. The normalized spacial score (nSPS) is 15.3. The van der Waals surface area contributed by atoms with Crippen molar-refractivity contribution in [3.63, 3.8) is 0 Å². The second-order valence-corrected chi connectivity index (χ2v) is 15.7. The number of aromatic amines is 1. The van der Waals surface area contributed by atoms with Crippen LogP contribution in [0.25, 0.3) is 10.9 Å². The third kappa shape index (κ3) is 16.7. The molecule has 21 heteroatoms. The Morgan fingerprint density at radius 1 is 0.689 bits per heavy atom. The van der Waals surface area contributed by atoms with E-state index >= 15 is 0 Å². The molecule has 0 bridgehead atoms. The van der Waals surface area contributed by atoms with Crippen molar-refractivity contribution in [1.82, 2.24) is 36.9 Å². The first-order valence-electron chi connectivity index (χ1n) is 20.3. The molecule has 0 unspecified atom stereocenters. The van der Waals surface area contributed by atoms with Gasteiger partial charge in [0.15, 0.2) is 6.04 Å². The molecule has 0 aliphatic rings. The van der Waals surface area contributed by atoms with Crippen LogP contribution in [0.1, 0.15) is 78.7 Å². The highest BCUT2D eigenvalue weighted by atomic mass is 16.4. The fourth-order valence-electron chi connectivity index (χ4n) is 6.23. The van der Waals surface area contributed by atoms with Crippen molar-refractivity contribution < 1.29 is 58.8 Å². The van der Waals surface area contributed by atoms with Crippen LogP contribution in [-0.4, -0.2) is 134 Å². The Morgan fingerprint density at radius 3 is 1.77 bits per heavy atom. The topological polar surface area (TPSA) is 357 Å². The number of carbonyl (C=O) groups excluding carboxylic acids is 6. The first kappa shape index (κ1) is 51.5. The van der Waals surface area contributed by atoms with Crippen LogP contribution in [0.2, 0.25) is 0 Å². The molecule has 2 aromatic rings. The molecule has 0 saturated carbocycles. The molecular weight excluding hydrogens is 798 g/mol. The number of carbonyl (C=O) groups is 8. The van der Waals surface area contributed by atoms with Gasteiger partial charge in [0.1, 0.15) is 30.2 Å². The van der Waals surface area contributed by atoms with Crippen LogP contribution in [0.15, 0.2) is 30.5 Å². The van der Waals surface area contributed by atoms with Gasteiger partial charge in [-0.05, 0) is 69.0 Å². The Balaban J connectivity index is 2.46. The van der Waals surface area contributed by atoms with E-state index in [0.29, 0.717) is 24.9 Å². The van der Waals surface area contributed by atoms with Crippen molar-refractivity contribution in [1.29, 1.82) is 0 Å². The van der Waals surface area contributed by atoms with E-state index < -0.39 is 115 Å². The maximum atomic E-state index is 14.3. The maximum Gasteiger partial charge on any atom is 0.328 e. The predicted molar refractivity (Wildman–Crippen MR) is 222 cm³/mol. The van der Waals surface area contributed by atoms with Crippen LogP contribution in [0.4, 0.5) is 0 Å². The highest BCUT2D eigenvalue weighted by Gasteiger charge is 2.35. The van der Waals surface area contributed by atoms with Gasteiger partial charge in [-0.25, -0.2) is 4.79 Å². The van der Waals surface area contributed by atoms with Crippen molar-refractivity contribution in [2.24, 2.45) is 23.3 Å². The number of carboxylic acid groups (broad SMARTS) is 2. The van der Waals surface area contributed by atoms with Crippen LogP contribution in [-0.2, 0) is 44.8 Å². The fraction of sp³-hybridized carbons (Fsp3) is 0.600. The number of amides is 6. The first-order chi connectivity index (χ1) is 28.7. The number of hydrogen-bond acceptors (Lipinski definition) is 12. The standard InChI is InChI=1S/C40H63N9O12/c1-20(2)16-28(36(56)44-27(13-14-31(52)53)35(55)48-30(19-50)38(58)49-33(22(5)51)40(60)61)46-37(57)29(17-23-18-43-25-11-7-6-10-24(23)25)47-34(54)26(12-8-9-15-41)45-39(59)32(42)21(3)4/h6-7,10-11,18,20-22,26-30,32-33,43,50-51H,8-9,12-17,19,41-42H2,1-5H3,(H,44,56)(H,45,59)(H,46,57)(H,47,54)(H,48,55)(H,49,58)(H,52,53)(H,60,61)/t22-,26+,27+,28+,29+,30+,32+,33+/m1/s1.